The van der Waals surface area contributed by atoms with Gasteiger partial charge in [-0.2, -0.15) is 4.98 Å². The van der Waals surface area contributed by atoms with Gasteiger partial charge in [-0.05, 0) is 43.3 Å². The van der Waals surface area contributed by atoms with Crippen LogP contribution in [0.1, 0.15) is 6.92 Å². The molecule has 1 N–H and O–H groups in total. The molecule has 0 radical (unpaired) electrons. The van der Waals surface area contributed by atoms with Crippen molar-refractivity contribution >= 4 is 10.9 Å². The fourth-order valence-corrected chi connectivity index (χ4v) is 3.08. The summed E-state index contributed by atoms with van der Waals surface area (Å²) in [5, 5.41) is 15.2. The number of methoxy groups -OCH3 is 1. The first-order valence-electron chi connectivity index (χ1n) is 8.47. The summed E-state index contributed by atoms with van der Waals surface area (Å²) in [7, 11) is 1.59. The number of rotatable bonds is 4. The van der Waals surface area contributed by atoms with Crippen LogP contribution in [0, 0.1) is 0 Å². The largest absolute Gasteiger partial charge is 0.506 e. The maximum absolute atomic E-state index is 12.9. The van der Waals surface area contributed by atoms with E-state index in [2.05, 4.69) is 10.1 Å². The van der Waals surface area contributed by atoms with E-state index in [4.69, 9.17) is 9.26 Å². The lowest BCUT2D eigenvalue weighted by Gasteiger charge is -2.11. The molecule has 0 saturated heterocycles. The average molecular weight is 363 g/mol. The van der Waals surface area contributed by atoms with Crippen LogP contribution < -0.4 is 10.3 Å². The van der Waals surface area contributed by atoms with E-state index < -0.39 is 0 Å². The number of aromatic nitrogens is 3. The number of aryl methyl sites for hydroxylation is 1. The number of nitrogens with zero attached hydrogens (tertiary/aromatic N) is 3. The molecule has 27 heavy (non-hydrogen) atoms. The quantitative estimate of drug-likeness (QED) is 0.597. The van der Waals surface area contributed by atoms with Crippen LogP contribution in [0.3, 0.4) is 0 Å². The van der Waals surface area contributed by atoms with E-state index in [1.54, 1.807) is 54.1 Å². The lowest BCUT2D eigenvalue weighted by atomic mass is 10.1. The molecule has 0 aliphatic heterocycles. The first-order valence-corrected chi connectivity index (χ1v) is 8.47. The molecule has 4 rings (SSSR count). The molecule has 4 aromatic rings. The van der Waals surface area contributed by atoms with Gasteiger partial charge in [0, 0.05) is 17.5 Å². The summed E-state index contributed by atoms with van der Waals surface area (Å²) in [5.74, 6) is 0.852. The zero-order chi connectivity index (χ0) is 19.0. The van der Waals surface area contributed by atoms with Crippen LogP contribution in [-0.2, 0) is 6.54 Å². The van der Waals surface area contributed by atoms with Crippen molar-refractivity contribution in [3.63, 3.8) is 0 Å². The number of aromatic hydroxyl groups is 1. The fraction of sp³-hybridized carbons (Fsp3) is 0.150. The minimum Gasteiger partial charge on any atom is -0.506 e. The second kappa shape index (κ2) is 6.60. The molecule has 7 nitrogen and oxygen atoms in total. The van der Waals surface area contributed by atoms with Gasteiger partial charge in [0.1, 0.15) is 17.1 Å². The zero-order valence-corrected chi connectivity index (χ0v) is 14.8. The highest BCUT2D eigenvalue weighted by Gasteiger charge is 2.22. The lowest BCUT2D eigenvalue weighted by Crippen LogP contribution is -2.21. The van der Waals surface area contributed by atoms with Gasteiger partial charge in [0.2, 0.25) is 5.82 Å². The summed E-state index contributed by atoms with van der Waals surface area (Å²) < 4.78 is 12.0. The molecule has 0 bridgehead atoms. The van der Waals surface area contributed by atoms with E-state index in [9.17, 15) is 9.90 Å². The summed E-state index contributed by atoms with van der Waals surface area (Å²) in [5.41, 5.74) is 0.990. The molecule has 0 spiro atoms. The van der Waals surface area contributed by atoms with Gasteiger partial charge < -0.3 is 18.9 Å². The van der Waals surface area contributed by atoms with Crippen LogP contribution in [-0.4, -0.2) is 26.9 Å². The van der Waals surface area contributed by atoms with Gasteiger partial charge in [0.15, 0.2) is 0 Å². The maximum atomic E-state index is 12.9. The van der Waals surface area contributed by atoms with Crippen LogP contribution in [0.4, 0.5) is 0 Å². The molecule has 7 heteroatoms. The van der Waals surface area contributed by atoms with Gasteiger partial charge in [-0.1, -0.05) is 17.3 Å². The molecular weight excluding hydrogens is 346 g/mol. The van der Waals surface area contributed by atoms with E-state index in [1.165, 1.54) is 0 Å². The predicted molar refractivity (Wildman–Crippen MR) is 101 cm³/mol. The Labute approximate surface area is 154 Å². The van der Waals surface area contributed by atoms with E-state index >= 15 is 0 Å². The van der Waals surface area contributed by atoms with Crippen molar-refractivity contribution in [2.45, 2.75) is 13.5 Å². The third kappa shape index (κ3) is 2.73. The van der Waals surface area contributed by atoms with E-state index in [1.807, 2.05) is 13.0 Å². The minimum atomic E-state index is -0.376. The Morgan fingerprint density at radius 1 is 1.15 bits per heavy atom. The first-order chi connectivity index (χ1) is 13.1. The van der Waals surface area contributed by atoms with Gasteiger partial charge in [-0.25, -0.2) is 0 Å². The number of ether oxygens (including phenoxy) is 1. The van der Waals surface area contributed by atoms with E-state index in [-0.39, 0.29) is 22.8 Å². The second-order valence-electron chi connectivity index (χ2n) is 5.94. The van der Waals surface area contributed by atoms with Gasteiger partial charge in [-0.15, -0.1) is 0 Å². The van der Waals surface area contributed by atoms with Crippen molar-refractivity contribution < 1.29 is 14.4 Å². The number of benzene rings is 2. The molecule has 2 aromatic carbocycles. The highest BCUT2D eigenvalue weighted by atomic mass is 16.5. The average Bonchev–Trinajstić information content (AvgIpc) is 3.18. The lowest BCUT2D eigenvalue weighted by molar-refractivity contribution is 0.414. The van der Waals surface area contributed by atoms with Crippen molar-refractivity contribution in [2.75, 3.05) is 7.11 Å². The molecule has 0 aliphatic carbocycles. The van der Waals surface area contributed by atoms with Gasteiger partial charge >= 0.3 is 0 Å². The van der Waals surface area contributed by atoms with Crippen molar-refractivity contribution in [1.29, 1.82) is 0 Å². The number of hydrogen-bond acceptors (Lipinski definition) is 6. The molecule has 136 valence electrons. The van der Waals surface area contributed by atoms with Crippen molar-refractivity contribution in [2.24, 2.45) is 0 Å². The molecule has 0 fully saturated rings. The third-order valence-electron chi connectivity index (χ3n) is 4.45. The monoisotopic (exact) mass is 363 g/mol. The summed E-state index contributed by atoms with van der Waals surface area (Å²) in [6, 6.07) is 14.3. The van der Waals surface area contributed by atoms with Crippen LogP contribution in [0.5, 0.6) is 11.5 Å². The Morgan fingerprint density at radius 3 is 2.59 bits per heavy atom. The summed E-state index contributed by atoms with van der Waals surface area (Å²) >= 11 is 0. The van der Waals surface area contributed by atoms with Crippen LogP contribution in [0.25, 0.3) is 33.7 Å². The highest BCUT2D eigenvalue weighted by molar-refractivity contribution is 5.91. The van der Waals surface area contributed by atoms with Crippen LogP contribution in [0.15, 0.2) is 57.8 Å². The van der Waals surface area contributed by atoms with Crippen LogP contribution in [0.2, 0.25) is 0 Å². The minimum absolute atomic E-state index is 0.00260. The molecule has 2 heterocycles. The van der Waals surface area contributed by atoms with Crippen molar-refractivity contribution in [1.82, 2.24) is 14.7 Å². The Kier molecular flexibility index (Phi) is 4.12. The number of fused-ring (bicyclic) bond motifs is 1. The SMILES string of the molecule is CCn1c(=O)c(-c2nc(-c3ccc(OC)cc3)no2)c(O)c2ccccc21. The Morgan fingerprint density at radius 2 is 1.89 bits per heavy atom. The Bertz CT molecular complexity index is 1180. The summed E-state index contributed by atoms with van der Waals surface area (Å²) in [4.78, 5) is 17.2. The van der Waals surface area contributed by atoms with E-state index in [0.717, 1.165) is 0 Å². The molecule has 0 aliphatic rings. The highest BCUT2D eigenvalue weighted by Crippen LogP contribution is 2.33. The summed E-state index contributed by atoms with van der Waals surface area (Å²) in [6.07, 6.45) is 0. The van der Waals surface area contributed by atoms with Crippen molar-refractivity contribution in [3.05, 3.63) is 58.9 Å². The molecule has 2 aromatic heterocycles. The molecule has 0 atom stereocenters. The number of para-hydroxylation sites is 1. The smallest absolute Gasteiger partial charge is 0.267 e. The first kappa shape index (κ1) is 16.8. The third-order valence-corrected chi connectivity index (χ3v) is 4.45. The Balaban J connectivity index is 1.88. The molecule has 0 saturated carbocycles. The number of pyridine rings is 1. The van der Waals surface area contributed by atoms with Gasteiger partial charge in [0.05, 0.1) is 12.6 Å². The number of hydrogen-bond donors (Lipinski definition) is 1. The molecular formula is C20H17N3O4. The zero-order valence-electron chi connectivity index (χ0n) is 14.8. The second-order valence-corrected chi connectivity index (χ2v) is 5.94. The predicted octanol–water partition coefficient (Wildman–Crippen LogP) is 3.45. The molecule has 0 amide bonds. The summed E-state index contributed by atoms with van der Waals surface area (Å²) in [6.45, 7) is 2.32. The van der Waals surface area contributed by atoms with Crippen LogP contribution >= 0.6 is 0 Å². The maximum Gasteiger partial charge on any atom is 0.267 e. The van der Waals surface area contributed by atoms with Crippen molar-refractivity contribution in [3.8, 4) is 34.3 Å². The molecule has 0 unspecified atom stereocenters. The van der Waals surface area contributed by atoms with E-state index in [0.29, 0.717) is 34.6 Å². The fourth-order valence-electron chi connectivity index (χ4n) is 3.08. The van der Waals surface area contributed by atoms with Gasteiger partial charge in [-0.3, -0.25) is 4.79 Å². The topological polar surface area (TPSA) is 90.4 Å². The van der Waals surface area contributed by atoms with Gasteiger partial charge in [0.25, 0.3) is 11.4 Å². The standard InChI is InChI=1S/C20H17N3O4/c1-3-23-15-7-5-4-6-14(15)17(24)16(20(23)25)19-21-18(22-27-19)12-8-10-13(26-2)11-9-12/h4-11,24H,3H2,1-2H3. The Hall–Kier alpha value is -3.61. The normalized spacial score (nSPS) is 11.0.